The van der Waals surface area contributed by atoms with E-state index in [-0.39, 0.29) is 22.6 Å². The van der Waals surface area contributed by atoms with E-state index in [1.54, 1.807) is 0 Å². The highest BCUT2D eigenvalue weighted by Crippen LogP contribution is 2.55. The van der Waals surface area contributed by atoms with Gasteiger partial charge in [-0.2, -0.15) is 22.3 Å². The topological polar surface area (TPSA) is 118 Å². The van der Waals surface area contributed by atoms with Crippen molar-refractivity contribution in [1.29, 1.82) is 0 Å². The summed E-state index contributed by atoms with van der Waals surface area (Å²) in [6, 6.07) is 3.80. The number of alkyl halides is 3. The molecule has 35 heavy (non-hydrogen) atoms. The van der Waals surface area contributed by atoms with Gasteiger partial charge in [0.1, 0.15) is 6.10 Å². The molecule has 2 heterocycles. The number of ether oxygens (including phenoxy) is 2. The summed E-state index contributed by atoms with van der Waals surface area (Å²) in [6.07, 6.45) is -5.89. The maximum absolute atomic E-state index is 14.5. The number of rotatable bonds is 6. The van der Waals surface area contributed by atoms with Gasteiger partial charge >= 0.3 is 12.1 Å². The summed E-state index contributed by atoms with van der Waals surface area (Å²) >= 11 is 0. The number of primary amides is 1. The Balaban J connectivity index is 2.09. The molecule has 0 bridgehead atoms. The number of anilines is 1. The number of carbonyl (C=O) groups excluding carboxylic acids is 2. The van der Waals surface area contributed by atoms with E-state index < -0.39 is 64.6 Å². The summed E-state index contributed by atoms with van der Waals surface area (Å²) in [5.74, 6) is -8.36. The lowest BCUT2D eigenvalue weighted by atomic mass is 9.77. The van der Waals surface area contributed by atoms with Gasteiger partial charge in [-0.3, -0.25) is 9.59 Å². The van der Waals surface area contributed by atoms with Gasteiger partial charge in [0.15, 0.2) is 23.4 Å². The van der Waals surface area contributed by atoms with E-state index in [1.165, 1.54) is 13.8 Å². The molecule has 0 saturated carbocycles. The lowest BCUT2D eigenvalue weighted by Crippen LogP contribution is -2.47. The maximum Gasteiger partial charge on any atom is 0.417 e. The zero-order valence-corrected chi connectivity index (χ0v) is 18.8. The van der Waals surface area contributed by atoms with Gasteiger partial charge in [0.25, 0.3) is 11.6 Å². The third kappa shape index (κ3) is 4.59. The first-order valence-corrected chi connectivity index (χ1v) is 10.4. The van der Waals surface area contributed by atoms with Crippen molar-refractivity contribution in [3.05, 3.63) is 58.6 Å². The van der Waals surface area contributed by atoms with Crippen LogP contribution in [0.15, 0.2) is 30.5 Å². The first kappa shape index (κ1) is 26.1. The average Bonchev–Trinajstić information content (AvgIpc) is 3.05. The second kappa shape index (κ2) is 9.29. The average molecular weight is 503 g/mol. The molecule has 1 aromatic carbocycles. The molecule has 2 aromatic rings. The predicted octanol–water partition coefficient (Wildman–Crippen LogP) is 3.17. The third-order valence-corrected chi connectivity index (χ3v) is 6.09. The summed E-state index contributed by atoms with van der Waals surface area (Å²) in [4.78, 5) is 24.5. The Labute approximate surface area is 196 Å². The van der Waals surface area contributed by atoms with Crippen molar-refractivity contribution in [3.63, 3.8) is 0 Å². The van der Waals surface area contributed by atoms with Crippen LogP contribution in [0.5, 0.6) is 5.75 Å². The molecule has 0 aliphatic carbocycles. The summed E-state index contributed by atoms with van der Waals surface area (Å²) < 4.78 is 81.1. The summed E-state index contributed by atoms with van der Waals surface area (Å²) in [5.41, 5.74) is 1.44. The lowest BCUT2D eigenvalue weighted by Gasteiger charge is -2.32. The number of nitrogens with zero attached hydrogens (tertiary/aromatic N) is 1. The number of benzene rings is 1. The Morgan fingerprint density at radius 2 is 1.94 bits per heavy atom. The number of amides is 2. The fourth-order valence-electron chi connectivity index (χ4n) is 4.08. The molecule has 1 fully saturated rings. The Kier molecular flexibility index (Phi) is 6.93. The maximum atomic E-state index is 14.5. The molecular formula is C22H22F5N3O5. The molecule has 2 amide bonds. The molecule has 190 valence electrons. The molecule has 1 aliphatic heterocycles. The van der Waals surface area contributed by atoms with E-state index in [4.69, 9.17) is 15.2 Å². The monoisotopic (exact) mass is 503 g/mol. The number of halogens is 5. The highest BCUT2D eigenvalue weighted by molar-refractivity contribution is 5.97. The minimum absolute atomic E-state index is 0.123. The van der Waals surface area contributed by atoms with Crippen LogP contribution in [0.2, 0.25) is 0 Å². The first-order chi connectivity index (χ1) is 16.2. The normalized spacial score (nSPS) is 24.3. The zero-order valence-electron chi connectivity index (χ0n) is 18.8. The van der Waals surface area contributed by atoms with Crippen molar-refractivity contribution < 1.29 is 45.7 Å². The van der Waals surface area contributed by atoms with Crippen LogP contribution in [0.4, 0.5) is 27.6 Å². The van der Waals surface area contributed by atoms with Gasteiger partial charge in [0.2, 0.25) is 5.82 Å². The van der Waals surface area contributed by atoms with E-state index in [9.17, 15) is 36.7 Å². The molecule has 4 atom stereocenters. The Morgan fingerprint density at radius 1 is 1.29 bits per heavy atom. The molecule has 1 saturated heterocycles. The van der Waals surface area contributed by atoms with Gasteiger partial charge in [0.05, 0.1) is 12.3 Å². The molecule has 8 nitrogen and oxygen atoms in total. The summed E-state index contributed by atoms with van der Waals surface area (Å²) in [5, 5.41) is 14.0. The molecule has 0 unspecified atom stereocenters. The van der Waals surface area contributed by atoms with Crippen molar-refractivity contribution >= 4 is 17.5 Å². The number of nitrogens with one attached hydrogen (secondary N) is 1. The quantitative estimate of drug-likeness (QED) is 0.357. The molecule has 1 aromatic heterocycles. The van der Waals surface area contributed by atoms with Gasteiger partial charge in [-0.25, -0.2) is 4.39 Å². The van der Waals surface area contributed by atoms with Crippen molar-refractivity contribution in [3.8, 4) is 5.75 Å². The molecule has 0 spiro atoms. The second-order valence-electron chi connectivity index (χ2n) is 8.15. The molecule has 1 aliphatic rings. The van der Waals surface area contributed by atoms with Gasteiger partial charge in [-0.05, 0) is 19.9 Å². The van der Waals surface area contributed by atoms with Crippen LogP contribution in [0, 0.1) is 22.8 Å². The zero-order chi connectivity index (χ0) is 26.3. The lowest BCUT2D eigenvalue weighted by molar-refractivity contribution is -0.607. The molecule has 3 N–H and O–H groups in total. The Hall–Kier alpha value is -3.48. The highest BCUT2D eigenvalue weighted by atomic mass is 19.4. The van der Waals surface area contributed by atoms with Gasteiger partial charge in [0, 0.05) is 29.5 Å². The Morgan fingerprint density at radius 3 is 2.51 bits per heavy atom. The standard InChI is InChI=1S/C22H22F5N3O5/c1-4-34-17-12(5-6-13(23)16(17)24)15-10(2)21(3,22(25,26)27)35-18(15)20(32)29-11-7-8-30(33)14(9-11)19(28)31/h5-10,15,18H,4H2,1-3H3,(H2,28,31)(H,29,32)/t10-,15+,18+,21+/m1/s1. The van der Waals surface area contributed by atoms with E-state index in [0.29, 0.717) is 0 Å². The molecule has 0 radical (unpaired) electrons. The van der Waals surface area contributed by atoms with E-state index >= 15 is 0 Å². The number of carbonyl (C=O) groups is 2. The van der Waals surface area contributed by atoms with Crippen molar-refractivity contribution in [1.82, 2.24) is 0 Å². The van der Waals surface area contributed by atoms with Crippen LogP contribution in [0.3, 0.4) is 0 Å². The molecular weight excluding hydrogens is 481 g/mol. The summed E-state index contributed by atoms with van der Waals surface area (Å²) in [6.45, 7) is 3.28. The van der Waals surface area contributed by atoms with Crippen LogP contribution >= 0.6 is 0 Å². The van der Waals surface area contributed by atoms with Crippen LogP contribution in [0.25, 0.3) is 0 Å². The number of pyridine rings is 1. The smallest absolute Gasteiger partial charge is 0.417 e. The van der Waals surface area contributed by atoms with E-state index in [0.717, 1.165) is 37.4 Å². The van der Waals surface area contributed by atoms with E-state index in [1.807, 2.05) is 0 Å². The number of nitrogens with two attached hydrogens (primary N) is 1. The fourth-order valence-corrected chi connectivity index (χ4v) is 4.08. The largest absolute Gasteiger partial charge is 0.618 e. The predicted molar refractivity (Wildman–Crippen MR) is 111 cm³/mol. The van der Waals surface area contributed by atoms with Crippen LogP contribution < -0.4 is 20.5 Å². The third-order valence-electron chi connectivity index (χ3n) is 6.09. The van der Waals surface area contributed by atoms with Gasteiger partial charge in [-0.1, -0.05) is 13.0 Å². The van der Waals surface area contributed by atoms with Crippen molar-refractivity contribution in [2.45, 2.75) is 44.6 Å². The number of hydrogen-bond donors (Lipinski definition) is 2. The number of hydrogen-bond acceptors (Lipinski definition) is 5. The highest BCUT2D eigenvalue weighted by Gasteiger charge is 2.66. The first-order valence-electron chi connectivity index (χ1n) is 10.4. The molecule has 13 heteroatoms. The van der Waals surface area contributed by atoms with E-state index in [2.05, 4.69) is 5.32 Å². The Bertz CT molecular complexity index is 1160. The second-order valence-corrected chi connectivity index (χ2v) is 8.15. The minimum Gasteiger partial charge on any atom is -0.618 e. The van der Waals surface area contributed by atoms with Crippen molar-refractivity contribution in [2.24, 2.45) is 11.7 Å². The SMILES string of the molecule is CCOc1c([C@H]2[C@@H](C(=O)Nc3cc[n+]([O-])c(C(N)=O)c3)O[C@](C)(C(F)(F)F)[C@@H]2C)ccc(F)c1F. The van der Waals surface area contributed by atoms with Crippen LogP contribution in [-0.2, 0) is 9.53 Å². The summed E-state index contributed by atoms with van der Waals surface area (Å²) in [7, 11) is 0. The molecule has 3 rings (SSSR count). The minimum atomic E-state index is -4.93. The fraction of sp³-hybridized carbons (Fsp3) is 0.409. The number of aromatic nitrogens is 1. The van der Waals surface area contributed by atoms with Gasteiger partial charge in [-0.15, -0.1) is 0 Å². The van der Waals surface area contributed by atoms with Crippen LogP contribution in [0.1, 0.15) is 42.7 Å². The van der Waals surface area contributed by atoms with Gasteiger partial charge < -0.3 is 25.7 Å². The van der Waals surface area contributed by atoms with Crippen molar-refractivity contribution in [2.75, 3.05) is 11.9 Å². The van der Waals surface area contributed by atoms with Crippen LogP contribution in [-0.4, -0.2) is 36.3 Å².